The molecule has 3 heteroatoms. The molecule has 73 valence electrons. The first kappa shape index (κ1) is 12.1. The Bertz CT molecular complexity index is 115. The van der Waals surface area contributed by atoms with Gasteiger partial charge in [-0.1, -0.05) is 45.4 Å². The summed E-state index contributed by atoms with van der Waals surface area (Å²) in [5.41, 5.74) is 0. The summed E-state index contributed by atoms with van der Waals surface area (Å²) >= 11 is -1.70. The lowest BCUT2D eigenvalue weighted by Crippen LogP contribution is -1.87. The van der Waals surface area contributed by atoms with E-state index >= 15 is 0 Å². The first-order chi connectivity index (χ1) is 5.77. The Morgan fingerprint density at radius 2 is 1.75 bits per heavy atom. The zero-order chi connectivity index (χ0) is 9.23. The first-order valence-electron chi connectivity index (χ1n) is 4.70. The molecule has 0 aromatic heterocycles. The van der Waals surface area contributed by atoms with E-state index in [0.717, 1.165) is 12.8 Å². The van der Waals surface area contributed by atoms with Gasteiger partial charge >= 0.3 is 0 Å². The zero-order valence-electron chi connectivity index (χ0n) is 7.79. The van der Waals surface area contributed by atoms with Crippen molar-refractivity contribution in [2.45, 2.75) is 51.9 Å². The Morgan fingerprint density at radius 3 is 2.33 bits per heavy atom. The number of rotatable bonds is 8. The van der Waals surface area contributed by atoms with Crippen LogP contribution in [-0.4, -0.2) is 8.76 Å². The van der Waals surface area contributed by atoms with Gasteiger partial charge in [0.2, 0.25) is 0 Å². The van der Waals surface area contributed by atoms with E-state index in [2.05, 4.69) is 6.92 Å². The quantitative estimate of drug-likeness (QED) is 0.473. The van der Waals surface area contributed by atoms with E-state index in [-0.39, 0.29) is 0 Å². The van der Waals surface area contributed by atoms with Gasteiger partial charge in [-0.3, -0.25) is 0 Å². The normalized spacial score (nSPS) is 13.2. The number of hydrogen-bond acceptors (Lipinski definition) is 1. The molecule has 0 bridgehead atoms. The van der Waals surface area contributed by atoms with Gasteiger partial charge in [-0.25, -0.2) is 4.21 Å². The minimum absolute atomic E-state index is 0.773. The van der Waals surface area contributed by atoms with E-state index in [9.17, 15) is 4.21 Å². The topological polar surface area (TPSA) is 37.3 Å². The van der Waals surface area contributed by atoms with E-state index in [1.807, 2.05) is 0 Å². The predicted octanol–water partition coefficient (Wildman–Crippen LogP) is 3.12. The Hall–Kier alpha value is 0.110. The molecule has 1 radical (unpaired) electrons. The van der Waals surface area contributed by atoms with Crippen molar-refractivity contribution in [1.29, 1.82) is 0 Å². The molecule has 0 fully saturated rings. The standard InChI is InChI=1S/C9H19O2S/c1-2-3-4-5-6-7-8-9-12(10)11/h9H,2-8H2,1H3,(H,10,11). The van der Waals surface area contributed by atoms with Crippen LogP contribution in [0.1, 0.15) is 51.9 Å². The lowest BCUT2D eigenvalue weighted by Gasteiger charge is -1.98. The Labute approximate surface area is 78.0 Å². The van der Waals surface area contributed by atoms with Crippen molar-refractivity contribution in [2.75, 3.05) is 0 Å². The molecule has 2 nitrogen and oxygen atoms in total. The summed E-state index contributed by atoms with van der Waals surface area (Å²) in [7, 11) is 0. The molecule has 0 rings (SSSR count). The van der Waals surface area contributed by atoms with Gasteiger partial charge in [-0.2, -0.15) is 0 Å². The molecule has 0 saturated carbocycles. The van der Waals surface area contributed by atoms with Crippen LogP contribution in [0, 0.1) is 5.75 Å². The van der Waals surface area contributed by atoms with Crippen LogP contribution in [0.15, 0.2) is 0 Å². The highest BCUT2D eigenvalue weighted by atomic mass is 32.2. The summed E-state index contributed by atoms with van der Waals surface area (Å²) in [6.45, 7) is 2.20. The van der Waals surface area contributed by atoms with Crippen LogP contribution in [0.5, 0.6) is 0 Å². The highest BCUT2D eigenvalue weighted by Crippen LogP contribution is 2.08. The minimum atomic E-state index is -1.70. The number of hydrogen-bond donors (Lipinski definition) is 1. The van der Waals surface area contributed by atoms with Crippen molar-refractivity contribution >= 4 is 11.1 Å². The fourth-order valence-corrected chi connectivity index (χ4v) is 1.48. The third-order valence-corrected chi connectivity index (χ3v) is 2.34. The van der Waals surface area contributed by atoms with Crippen molar-refractivity contribution in [3.05, 3.63) is 5.75 Å². The predicted molar refractivity (Wildman–Crippen MR) is 53.1 cm³/mol. The average molecular weight is 191 g/mol. The van der Waals surface area contributed by atoms with Crippen LogP contribution >= 0.6 is 0 Å². The van der Waals surface area contributed by atoms with Crippen molar-refractivity contribution in [2.24, 2.45) is 0 Å². The molecule has 0 heterocycles. The molecule has 1 unspecified atom stereocenters. The van der Waals surface area contributed by atoms with Crippen LogP contribution in [0.25, 0.3) is 0 Å². The van der Waals surface area contributed by atoms with Gasteiger partial charge in [-0.15, -0.1) is 0 Å². The lowest BCUT2D eigenvalue weighted by atomic mass is 10.1. The average Bonchev–Trinajstić information content (AvgIpc) is 2.02. The summed E-state index contributed by atoms with van der Waals surface area (Å²) in [6, 6.07) is 0. The fraction of sp³-hybridized carbons (Fsp3) is 0.889. The molecule has 0 aliphatic heterocycles. The van der Waals surface area contributed by atoms with Crippen molar-refractivity contribution < 1.29 is 8.76 Å². The molecule has 0 spiro atoms. The third-order valence-electron chi connectivity index (χ3n) is 1.82. The molecule has 0 aliphatic rings. The van der Waals surface area contributed by atoms with Crippen LogP contribution in [0.4, 0.5) is 0 Å². The second-order valence-electron chi connectivity index (χ2n) is 3.00. The maximum absolute atomic E-state index is 10.2. The smallest absolute Gasteiger partial charge is 0.157 e. The van der Waals surface area contributed by atoms with Crippen molar-refractivity contribution in [1.82, 2.24) is 0 Å². The lowest BCUT2D eigenvalue weighted by molar-refractivity contribution is 0.564. The Kier molecular flexibility index (Phi) is 9.28. The van der Waals surface area contributed by atoms with Crippen LogP contribution in [-0.2, 0) is 11.1 Å². The highest BCUT2D eigenvalue weighted by molar-refractivity contribution is 7.81. The molecule has 0 saturated heterocycles. The maximum atomic E-state index is 10.2. The maximum Gasteiger partial charge on any atom is 0.157 e. The monoisotopic (exact) mass is 191 g/mol. The van der Waals surface area contributed by atoms with E-state index in [0.29, 0.717) is 0 Å². The minimum Gasteiger partial charge on any atom is -0.306 e. The van der Waals surface area contributed by atoms with E-state index in [1.54, 1.807) is 0 Å². The zero-order valence-corrected chi connectivity index (χ0v) is 8.61. The molecule has 12 heavy (non-hydrogen) atoms. The molecule has 0 aromatic rings. The summed E-state index contributed by atoms with van der Waals surface area (Å²) in [5, 5.41) is 0. The molecular weight excluding hydrogens is 172 g/mol. The molecule has 1 N–H and O–H groups in total. The number of unbranched alkanes of at least 4 members (excludes halogenated alkanes) is 6. The van der Waals surface area contributed by atoms with Gasteiger partial charge in [0.15, 0.2) is 11.1 Å². The van der Waals surface area contributed by atoms with Gasteiger partial charge in [0.25, 0.3) is 0 Å². The summed E-state index contributed by atoms with van der Waals surface area (Å²) in [6.07, 6.45) is 8.17. The van der Waals surface area contributed by atoms with E-state index in [4.69, 9.17) is 4.55 Å². The SMILES string of the molecule is CCCCCCCC[CH]S(=O)O. The molecule has 0 aliphatic carbocycles. The summed E-state index contributed by atoms with van der Waals surface area (Å²) < 4.78 is 18.6. The Balaban J connectivity index is 2.86. The van der Waals surface area contributed by atoms with Gasteiger partial charge in [-0.05, 0) is 6.42 Å². The molecule has 0 aromatic carbocycles. The Morgan fingerprint density at radius 1 is 1.17 bits per heavy atom. The van der Waals surface area contributed by atoms with E-state index < -0.39 is 11.1 Å². The molecule has 0 amide bonds. The molecule has 1 atom stereocenters. The molecular formula is C9H19O2S. The van der Waals surface area contributed by atoms with Gasteiger partial charge in [0, 0.05) is 0 Å². The van der Waals surface area contributed by atoms with Gasteiger partial charge in [0.05, 0.1) is 5.75 Å². The van der Waals surface area contributed by atoms with Gasteiger partial charge in [0.1, 0.15) is 0 Å². The van der Waals surface area contributed by atoms with Crippen molar-refractivity contribution in [3.63, 3.8) is 0 Å². The second kappa shape index (κ2) is 9.20. The van der Waals surface area contributed by atoms with Crippen LogP contribution in [0.2, 0.25) is 0 Å². The van der Waals surface area contributed by atoms with E-state index in [1.165, 1.54) is 37.9 Å². The largest absolute Gasteiger partial charge is 0.306 e. The van der Waals surface area contributed by atoms with Crippen molar-refractivity contribution in [3.8, 4) is 0 Å². The third kappa shape index (κ3) is 10.1. The van der Waals surface area contributed by atoms with Crippen LogP contribution < -0.4 is 0 Å². The summed E-state index contributed by atoms with van der Waals surface area (Å²) in [4.78, 5) is 0. The second-order valence-corrected chi connectivity index (χ2v) is 3.88. The first-order valence-corrected chi connectivity index (χ1v) is 5.87. The highest BCUT2D eigenvalue weighted by Gasteiger charge is 1.94. The summed E-state index contributed by atoms with van der Waals surface area (Å²) in [5.74, 6) is 1.46. The fourth-order valence-electron chi connectivity index (χ4n) is 1.11. The van der Waals surface area contributed by atoms with Gasteiger partial charge < -0.3 is 4.55 Å². The van der Waals surface area contributed by atoms with Crippen LogP contribution in [0.3, 0.4) is 0 Å².